The Bertz CT molecular complexity index is 1260. The number of imide groups is 1. The molecule has 34 heavy (non-hydrogen) atoms. The normalized spacial score (nSPS) is 19.4. The van der Waals surface area contributed by atoms with Crippen LogP contribution in [0.1, 0.15) is 60.9 Å². The van der Waals surface area contributed by atoms with Crippen LogP contribution in [0.4, 0.5) is 5.69 Å². The van der Waals surface area contributed by atoms with Crippen molar-refractivity contribution in [3.63, 3.8) is 0 Å². The number of rotatable bonds is 6. The van der Waals surface area contributed by atoms with Gasteiger partial charge in [0, 0.05) is 17.8 Å². The van der Waals surface area contributed by atoms with E-state index in [1.165, 1.54) is 4.90 Å². The zero-order chi connectivity index (χ0) is 24.6. The number of allylic oxidation sites excluding steroid dienone is 2. The van der Waals surface area contributed by atoms with Gasteiger partial charge in [-0.25, -0.2) is 9.69 Å². The van der Waals surface area contributed by atoms with Crippen molar-refractivity contribution in [2.24, 2.45) is 10.9 Å². The van der Waals surface area contributed by atoms with Gasteiger partial charge < -0.3 is 9.72 Å². The average Bonchev–Trinajstić information content (AvgIpc) is 3.39. The number of nitrogens with zero attached hydrogens (tertiary/aromatic N) is 2. The summed E-state index contributed by atoms with van der Waals surface area (Å²) in [6, 6.07) is 9.00. The number of hydrogen-bond donors (Lipinski definition) is 1. The number of aromatic nitrogens is 1. The van der Waals surface area contributed by atoms with E-state index in [9.17, 15) is 14.4 Å². The van der Waals surface area contributed by atoms with E-state index in [0.717, 1.165) is 33.8 Å². The van der Waals surface area contributed by atoms with Gasteiger partial charge in [0.2, 0.25) is 11.8 Å². The molecule has 7 nitrogen and oxygen atoms in total. The number of esters is 1. The Morgan fingerprint density at radius 2 is 1.88 bits per heavy atom. The lowest BCUT2D eigenvalue weighted by atomic mass is 9.92. The van der Waals surface area contributed by atoms with Gasteiger partial charge in [0.1, 0.15) is 0 Å². The zero-order valence-corrected chi connectivity index (χ0v) is 20.2. The molecule has 2 amide bonds. The maximum atomic E-state index is 13.3. The summed E-state index contributed by atoms with van der Waals surface area (Å²) in [4.78, 5) is 47.8. The Hall–Kier alpha value is -3.74. The summed E-state index contributed by atoms with van der Waals surface area (Å²) in [5.41, 5.74) is 6.76. The standard InChI is InChI=1S/C27H29N3O4/c1-6-19-15(3)21(14-22-16(4)24(17(5)28-22)27(33)34-7-2)29-25(19)20-13-23(31)30(26(20)32)18-11-9-8-10-12-18/h8-12,14,20,28H,6-7,13H2,1-5H3/b21-14+. The highest BCUT2D eigenvalue weighted by atomic mass is 16.5. The van der Waals surface area contributed by atoms with E-state index in [1.807, 2.05) is 52.0 Å². The molecule has 176 valence electrons. The van der Waals surface area contributed by atoms with Gasteiger partial charge in [0.25, 0.3) is 0 Å². The second-order valence-corrected chi connectivity index (χ2v) is 8.53. The monoisotopic (exact) mass is 459 g/mol. The van der Waals surface area contributed by atoms with Crippen LogP contribution in [0.15, 0.2) is 52.2 Å². The van der Waals surface area contributed by atoms with Crippen LogP contribution in [-0.4, -0.2) is 35.1 Å². The SMILES string of the molecule is CCOC(=O)c1c(C)[nH]c(/C=C2/N=C(C3CC(=O)N(c4ccccc4)C3=O)C(CC)=C2C)c1C. The molecule has 0 aliphatic carbocycles. The number of carbonyl (C=O) groups excluding carboxylic acids is 3. The van der Waals surface area contributed by atoms with Gasteiger partial charge in [0.05, 0.1) is 35.2 Å². The Morgan fingerprint density at radius 1 is 1.18 bits per heavy atom. The molecular weight excluding hydrogens is 430 g/mol. The Labute approximate surface area is 199 Å². The first-order valence-corrected chi connectivity index (χ1v) is 11.6. The fourth-order valence-electron chi connectivity index (χ4n) is 4.76. The number of H-pyrrole nitrogens is 1. The molecule has 4 rings (SSSR count). The van der Waals surface area contributed by atoms with Crippen LogP contribution in [0.2, 0.25) is 0 Å². The lowest BCUT2D eigenvalue weighted by Crippen LogP contribution is -2.32. The fraction of sp³-hybridized carbons (Fsp3) is 0.333. The molecular formula is C27H29N3O4. The number of carbonyl (C=O) groups is 3. The summed E-state index contributed by atoms with van der Waals surface area (Å²) >= 11 is 0. The Kier molecular flexibility index (Phi) is 6.37. The van der Waals surface area contributed by atoms with E-state index in [1.54, 1.807) is 19.1 Å². The van der Waals surface area contributed by atoms with Crippen LogP contribution in [0.5, 0.6) is 0 Å². The van der Waals surface area contributed by atoms with Crippen molar-refractivity contribution in [1.82, 2.24) is 4.98 Å². The number of hydrogen-bond acceptors (Lipinski definition) is 5. The average molecular weight is 460 g/mol. The van der Waals surface area contributed by atoms with E-state index >= 15 is 0 Å². The van der Waals surface area contributed by atoms with Crippen molar-refractivity contribution >= 4 is 35.3 Å². The third-order valence-corrected chi connectivity index (χ3v) is 6.47. The largest absolute Gasteiger partial charge is 0.462 e. The number of amides is 2. The van der Waals surface area contributed by atoms with Crippen LogP contribution in [0.25, 0.3) is 6.08 Å². The minimum absolute atomic E-state index is 0.101. The van der Waals surface area contributed by atoms with E-state index in [0.29, 0.717) is 30.0 Å². The molecule has 1 unspecified atom stereocenters. The first-order valence-electron chi connectivity index (χ1n) is 11.6. The van der Waals surface area contributed by atoms with Crippen LogP contribution in [-0.2, 0) is 14.3 Å². The maximum Gasteiger partial charge on any atom is 0.340 e. The summed E-state index contributed by atoms with van der Waals surface area (Å²) in [6.45, 7) is 9.80. The van der Waals surface area contributed by atoms with E-state index < -0.39 is 5.92 Å². The lowest BCUT2D eigenvalue weighted by molar-refractivity contribution is -0.121. The van der Waals surface area contributed by atoms with Crippen molar-refractivity contribution in [3.8, 4) is 0 Å². The topological polar surface area (TPSA) is 91.8 Å². The van der Waals surface area contributed by atoms with Gasteiger partial charge >= 0.3 is 5.97 Å². The summed E-state index contributed by atoms with van der Waals surface area (Å²) < 4.78 is 5.19. The fourth-order valence-corrected chi connectivity index (χ4v) is 4.76. The molecule has 1 saturated heterocycles. The second kappa shape index (κ2) is 9.25. The van der Waals surface area contributed by atoms with Crippen LogP contribution in [0, 0.1) is 19.8 Å². The molecule has 0 spiro atoms. The van der Waals surface area contributed by atoms with Crippen molar-refractivity contribution in [1.29, 1.82) is 0 Å². The first kappa shape index (κ1) is 23.4. The highest BCUT2D eigenvalue weighted by Gasteiger charge is 2.44. The Balaban J connectivity index is 1.71. The highest BCUT2D eigenvalue weighted by Crippen LogP contribution is 2.37. The van der Waals surface area contributed by atoms with Gasteiger partial charge in [-0.15, -0.1) is 0 Å². The van der Waals surface area contributed by atoms with Gasteiger partial charge in [0.15, 0.2) is 0 Å². The molecule has 2 aromatic rings. The van der Waals surface area contributed by atoms with Crippen molar-refractivity contribution in [3.05, 3.63) is 69.7 Å². The quantitative estimate of drug-likeness (QED) is 0.491. The Morgan fingerprint density at radius 3 is 2.53 bits per heavy atom. The number of aromatic amines is 1. The number of ether oxygens (including phenoxy) is 1. The predicted octanol–water partition coefficient (Wildman–Crippen LogP) is 4.91. The second-order valence-electron chi connectivity index (χ2n) is 8.53. The van der Waals surface area contributed by atoms with Crippen LogP contribution < -0.4 is 4.90 Å². The number of benzene rings is 1. The third-order valence-electron chi connectivity index (χ3n) is 6.47. The van der Waals surface area contributed by atoms with Crippen molar-refractivity contribution in [2.45, 2.75) is 47.5 Å². The van der Waals surface area contributed by atoms with Gasteiger partial charge in [-0.1, -0.05) is 25.1 Å². The molecule has 0 bridgehead atoms. The van der Waals surface area contributed by atoms with Crippen molar-refractivity contribution in [2.75, 3.05) is 11.5 Å². The number of para-hydroxylation sites is 1. The molecule has 1 fully saturated rings. The molecule has 2 aliphatic heterocycles. The third kappa shape index (κ3) is 3.91. The molecule has 7 heteroatoms. The molecule has 3 heterocycles. The van der Waals surface area contributed by atoms with Crippen LogP contribution >= 0.6 is 0 Å². The summed E-state index contributed by atoms with van der Waals surface area (Å²) in [5, 5.41) is 0. The molecule has 0 saturated carbocycles. The molecule has 2 aliphatic rings. The smallest absolute Gasteiger partial charge is 0.340 e. The highest BCUT2D eigenvalue weighted by molar-refractivity contribution is 6.30. The van der Waals surface area contributed by atoms with Gasteiger partial charge in [-0.3, -0.25) is 14.6 Å². The number of aryl methyl sites for hydroxylation is 1. The lowest BCUT2D eigenvalue weighted by Gasteiger charge is -2.15. The van der Waals surface area contributed by atoms with E-state index in [-0.39, 0.29) is 24.2 Å². The first-order chi connectivity index (χ1) is 16.3. The molecule has 1 aromatic heterocycles. The number of aliphatic imine (C=N–C) groups is 1. The number of nitrogens with one attached hydrogen (secondary N) is 1. The van der Waals surface area contributed by atoms with Crippen LogP contribution in [0.3, 0.4) is 0 Å². The van der Waals surface area contributed by atoms with Crippen molar-refractivity contribution < 1.29 is 19.1 Å². The minimum atomic E-state index is -0.606. The number of anilines is 1. The minimum Gasteiger partial charge on any atom is -0.462 e. The molecule has 1 aromatic carbocycles. The predicted molar refractivity (Wildman–Crippen MR) is 132 cm³/mol. The maximum absolute atomic E-state index is 13.3. The molecule has 1 atom stereocenters. The van der Waals surface area contributed by atoms with E-state index in [2.05, 4.69) is 4.98 Å². The summed E-state index contributed by atoms with van der Waals surface area (Å²) in [5.74, 6) is -1.42. The zero-order valence-electron chi connectivity index (χ0n) is 20.2. The van der Waals surface area contributed by atoms with E-state index in [4.69, 9.17) is 9.73 Å². The molecule has 1 N–H and O–H groups in total. The van der Waals surface area contributed by atoms with Gasteiger partial charge in [-0.05, 0) is 69.0 Å². The van der Waals surface area contributed by atoms with Gasteiger partial charge in [-0.2, -0.15) is 0 Å². The summed E-state index contributed by atoms with van der Waals surface area (Å²) in [7, 11) is 0. The molecule has 0 radical (unpaired) electrons. The summed E-state index contributed by atoms with van der Waals surface area (Å²) in [6.07, 6.45) is 2.70.